The van der Waals surface area contributed by atoms with Gasteiger partial charge in [0.05, 0.1) is 12.1 Å². The Bertz CT molecular complexity index is 360. The highest BCUT2D eigenvalue weighted by Gasteiger charge is 2.22. The lowest BCUT2D eigenvalue weighted by molar-refractivity contribution is -0.115. The molecule has 1 aromatic heterocycles. The highest BCUT2D eigenvalue weighted by atomic mass is 16.2. The zero-order valence-corrected chi connectivity index (χ0v) is 6.20. The molecule has 0 atom stereocenters. The number of carbonyl (C=O) groups is 2. The molecule has 1 aliphatic rings. The Morgan fingerprint density at radius 3 is 3.08 bits per heavy atom. The van der Waals surface area contributed by atoms with Crippen molar-refractivity contribution in [3.8, 4) is 0 Å². The SMILES string of the molecule is O=C1CC(=O)c2ncccc2N1. The molecular weight excluding hydrogens is 156 g/mol. The molecule has 0 bridgehead atoms. The summed E-state index contributed by atoms with van der Waals surface area (Å²) in [7, 11) is 0. The second-order valence-electron chi connectivity index (χ2n) is 2.55. The van der Waals surface area contributed by atoms with Crippen molar-refractivity contribution < 1.29 is 9.59 Å². The van der Waals surface area contributed by atoms with Gasteiger partial charge in [0, 0.05) is 6.20 Å². The standard InChI is InChI=1S/C8H6N2O2/c11-6-4-7(12)10-5-2-1-3-9-8(5)6/h1-3H,4H2,(H,10,12). The van der Waals surface area contributed by atoms with E-state index < -0.39 is 0 Å². The first-order valence-electron chi connectivity index (χ1n) is 3.55. The molecule has 4 heteroatoms. The van der Waals surface area contributed by atoms with Crippen LogP contribution in [0.3, 0.4) is 0 Å². The van der Waals surface area contributed by atoms with Gasteiger partial charge in [-0.1, -0.05) is 0 Å². The fourth-order valence-electron chi connectivity index (χ4n) is 1.15. The maximum Gasteiger partial charge on any atom is 0.232 e. The number of hydrogen-bond donors (Lipinski definition) is 1. The number of anilines is 1. The van der Waals surface area contributed by atoms with Crippen LogP contribution in [0.5, 0.6) is 0 Å². The zero-order chi connectivity index (χ0) is 8.55. The summed E-state index contributed by atoms with van der Waals surface area (Å²) in [6.07, 6.45) is 1.44. The molecule has 0 spiro atoms. The van der Waals surface area contributed by atoms with E-state index in [-0.39, 0.29) is 18.1 Å². The Hall–Kier alpha value is -1.71. The summed E-state index contributed by atoms with van der Waals surface area (Å²) in [4.78, 5) is 25.9. The summed E-state index contributed by atoms with van der Waals surface area (Å²) in [5.74, 6) is -0.477. The monoisotopic (exact) mass is 162 g/mol. The number of fused-ring (bicyclic) bond motifs is 1. The van der Waals surface area contributed by atoms with E-state index in [0.717, 1.165) is 0 Å². The van der Waals surface area contributed by atoms with Crippen molar-refractivity contribution in [3.05, 3.63) is 24.0 Å². The van der Waals surface area contributed by atoms with Crippen LogP contribution in [0.4, 0.5) is 5.69 Å². The maximum atomic E-state index is 11.2. The van der Waals surface area contributed by atoms with Gasteiger partial charge in [-0.05, 0) is 12.1 Å². The second kappa shape index (κ2) is 2.41. The Kier molecular flexibility index (Phi) is 1.40. The van der Waals surface area contributed by atoms with Gasteiger partial charge in [0.1, 0.15) is 5.69 Å². The van der Waals surface area contributed by atoms with Crippen LogP contribution >= 0.6 is 0 Å². The molecule has 4 nitrogen and oxygen atoms in total. The number of ketones is 1. The summed E-state index contributed by atoms with van der Waals surface area (Å²) in [6.45, 7) is 0. The third kappa shape index (κ3) is 0.972. The van der Waals surface area contributed by atoms with Crippen molar-refractivity contribution in [3.63, 3.8) is 0 Å². The summed E-state index contributed by atoms with van der Waals surface area (Å²) >= 11 is 0. The van der Waals surface area contributed by atoms with E-state index in [9.17, 15) is 9.59 Å². The smallest absolute Gasteiger partial charge is 0.232 e. The van der Waals surface area contributed by atoms with Crippen molar-refractivity contribution in [1.82, 2.24) is 4.98 Å². The van der Waals surface area contributed by atoms with Crippen LogP contribution in [0.15, 0.2) is 18.3 Å². The number of nitrogens with one attached hydrogen (secondary N) is 1. The summed E-state index contributed by atoms with van der Waals surface area (Å²) in [5, 5.41) is 2.57. The van der Waals surface area contributed by atoms with E-state index in [1.54, 1.807) is 12.1 Å². The molecule has 1 N–H and O–H groups in total. The zero-order valence-electron chi connectivity index (χ0n) is 6.20. The van der Waals surface area contributed by atoms with E-state index in [1.165, 1.54) is 6.20 Å². The number of rotatable bonds is 0. The lowest BCUT2D eigenvalue weighted by atomic mass is 10.1. The van der Waals surface area contributed by atoms with Gasteiger partial charge in [0.15, 0.2) is 5.78 Å². The fraction of sp³-hybridized carbons (Fsp3) is 0.125. The van der Waals surface area contributed by atoms with E-state index in [2.05, 4.69) is 10.3 Å². The molecule has 1 aliphatic heterocycles. The third-order valence-electron chi connectivity index (χ3n) is 1.67. The molecule has 1 aromatic rings. The fourth-order valence-corrected chi connectivity index (χ4v) is 1.15. The molecular formula is C8H6N2O2. The first kappa shape index (κ1) is 6.97. The predicted molar refractivity (Wildman–Crippen MR) is 41.8 cm³/mol. The molecule has 2 rings (SSSR count). The third-order valence-corrected chi connectivity index (χ3v) is 1.67. The molecule has 1 amide bonds. The Balaban J connectivity index is 2.54. The first-order valence-corrected chi connectivity index (χ1v) is 3.55. The summed E-state index contributed by atoms with van der Waals surface area (Å²) in [6, 6.07) is 3.34. The minimum atomic E-state index is -0.263. The van der Waals surface area contributed by atoms with Gasteiger partial charge in [-0.3, -0.25) is 14.6 Å². The van der Waals surface area contributed by atoms with Crippen molar-refractivity contribution in [1.29, 1.82) is 0 Å². The maximum absolute atomic E-state index is 11.2. The van der Waals surface area contributed by atoms with Crippen LogP contribution in [-0.2, 0) is 4.79 Å². The molecule has 60 valence electrons. The van der Waals surface area contributed by atoms with Crippen LogP contribution < -0.4 is 5.32 Å². The first-order chi connectivity index (χ1) is 5.77. The van der Waals surface area contributed by atoms with E-state index in [4.69, 9.17) is 0 Å². The number of Topliss-reactive ketones (excluding diaryl/α,β-unsaturated/α-hetero) is 1. The van der Waals surface area contributed by atoms with Gasteiger partial charge in [0.25, 0.3) is 0 Å². The largest absolute Gasteiger partial charge is 0.324 e. The normalized spacial score (nSPS) is 15.3. The molecule has 12 heavy (non-hydrogen) atoms. The van der Waals surface area contributed by atoms with Crippen molar-refractivity contribution in [2.75, 3.05) is 5.32 Å². The Morgan fingerprint density at radius 1 is 1.42 bits per heavy atom. The lowest BCUT2D eigenvalue weighted by Crippen LogP contribution is -2.24. The number of carbonyl (C=O) groups excluding carboxylic acids is 2. The van der Waals surface area contributed by atoms with Gasteiger partial charge in [0.2, 0.25) is 5.91 Å². The number of nitrogens with zero attached hydrogens (tertiary/aromatic N) is 1. The van der Waals surface area contributed by atoms with E-state index in [0.29, 0.717) is 11.4 Å². The van der Waals surface area contributed by atoms with Gasteiger partial charge >= 0.3 is 0 Å². The molecule has 2 heterocycles. The van der Waals surface area contributed by atoms with Crippen LogP contribution in [0, 0.1) is 0 Å². The molecule has 0 radical (unpaired) electrons. The predicted octanol–water partition coefficient (Wildman–Crippen LogP) is 0.607. The average molecular weight is 162 g/mol. The minimum Gasteiger partial charge on any atom is -0.324 e. The van der Waals surface area contributed by atoms with Crippen molar-refractivity contribution in [2.45, 2.75) is 6.42 Å². The van der Waals surface area contributed by atoms with Gasteiger partial charge in [-0.15, -0.1) is 0 Å². The van der Waals surface area contributed by atoms with Crippen LogP contribution in [0.25, 0.3) is 0 Å². The van der Waals surface area contributed by atoms with Gasteiger partial charge in [-0.2, -0.15) is 0 Å². The van der Waals surface area contributed by atoms with Crippen molar-refractivity contribution in [2.24, 2.45) is 0 Å². The highest BCUT2D eigenvalue weighted by molar-refractivity contribution is 6.17. The quantitative estimate of drug-likeness (QED) is 0.568. The summed E-state index contributed by atoms with van der Waals surface area (Å²) in [5.41, 5.74) is 0.871. The Labute approximate surface area is 68.6 Å². The van der Waals surface area contributed by atoms with Crippen molar-refractivity contribution >= 4 is 17.4 Å². The molecule has 0 saturated carbocycles. The average Bonchev–Trinajstić information content (AvgIpc) is 2.04. The minimum absolute atomic E-state index is 0.0932. The van der Waals surface area contributed by atoms with Gasteiger partial charge < -0.3 is 5.32 Å². The lowest BCUT2D eigenvalue weighted by Gasteiger charge is -2.13. The highest BCUT2D eigenvalue weighted by Crippen LogP contribution is 2.18. The van der Waals surface area contributed by atoms with Crippen LogP contribution in [-0.4, -0.2) is 16.7 Å². The number of aromatic nitrogens is 1. The molecule has 0 saturated heterocycles. The number of hydrogen-bond acceptors (Lipinski definition) is 3. The van der Waals surface area contributed by atoms with Crippen LogP contribution in [0.2, 0.25) is 0 Å². The topological polar surface area (TPSA) is 59.1 Å². The Morgan fingerprint density at radius 2 is 2.25 bits per heavy atom. The van der Waals surface area contributed by atoms with Crippen LogP contribution in [0.1, 0.15) is 16.9 Å². The molecule has 0 aliphatic carbocycles. The molecule has 0 fully saturated rings. The van der Waals surface area contributed by atoms with Gasteiger partial charge in [-0.25, -0.2) is 0 Å². The van der Waals surface area contributed by atoms with E-state index in [1.807, 2.05) is 0 Å². The molecule has 0 unspecified atom stereocenters. The number of amides is 1. The van der Waals surface area contributed by atoms with E-state index >= 15 is 0 Å². The second-order valence-corrected chi connectivity index (χ2v) is 2.55. The summed E-state index contributed by atoms with van der Waals surface area (Å²) < 4.78 is 0. The number of pyridine rings is 1. The molecule has 0 aromatic carbocycles.